The molecular weight excluding hydrogens is 530 g/mol. The third-order valence-electron chi connectivity index (χ3n) is 10.6. The number of allylic oxidation sites excluding steroid dienone is 2. The summed E-state index contributed by atoms with van der Waals surface area (Å²) in [6.45, 7) is 4.11. The number of non-ortho nitro benzene ring substituents is 1. The van der Waals surface area contributed by atoms with E-state index in [1.54, 1.807) is 0 Å². The van der Waals surface area contributed by atoms with Crippen molar-refractivity contribution in [2.45, 2.75) is 83.5 Å². The van der Waals surface area contributed by atoms with Crippen molar-refractivity contribution < 1.29 is 34.7 Å². The van der Waals surface area contributed by atoms with Gasteiger partial charge in [0.25, 0.3) is 11.6 Å². The molecule has 4 aliphatic carbocycles. The van der Waals surface area contributed by atoms with Gasteiger partial charge in [0, 0.05) is 12.1 Å². The minimum Gasteiger partial charge on any atom is -0.480 e. The van der Waals surface area contributed by atoms with Crippen molar-refractivity contribution in [3.05, 3.63) is 51.6 Å². The van der Waals surface area contributed by atoms with Crippen LogP contribution in [0, 0.1) is 38.7 Å². The van der Waals surface area contributed by atoms with Crippen LogP contribution in [0.3, 0.4) is 0 Å². The van der Waals surface area contributed by atoms with Crippen LogP contribution >= 0.6 is 0 Å². The van der Waals surface area contributed by atoms with Crippen LogP contribution < -0.4 is 5.32 Å². The van der Waals surface area contributed by atoms with E-state index in [-0.39, 0.29) is 28.2 Å². The Kier molecular flexibility index (Phi) is 7.95. The summed E-state index contributed by atoms with van der Waals surface area (Å²) in [5.74, 6) is -0.484. The second-order valence-electron chi connectivity index (χ2n) is 12.7. The van der Waals surface area contributed by atoms with Gasteiger partial charge in [-0.2, -0.15) is 0 Å². The summed E-state index contributed by atoms with van der Waals surface area (Å²) in [5, 5.41) is 48.2. The molecule has 222 valence electrons. The molecule has 0 spiro atoms. The number of rotatable bonds is 8. The van der Waals surface area contributed by atoms with Gasteiger partial charge < -0.3 is 25.5 Å². The number of nitrogens with one attached hydrogen (secondary N) is 1. The molecule has 4 N–H and O–H groups in total. The first-order valence-corrected chi connectivity index (χ1v) is 14.5. The van der Waals surface area contributed by atoms with Crippen molar-refractivity contribution in [2.24, 2.45) is 33.7 Å². The Labute approximate surface area is 238 Å². The molecule has 0 bridgehead atoms. The van der Waals surface area contributed by atoms with Gasteiger partial charge >= 0.3 is 5.97 Å². The van der Waals surface area contributed by atoms with Crippen LogP contribution in [-0.4, -0.2) is 56.6 Å². The standard InChI is InChI=1S/C30H39N3O8/c1-29-12-10-19(15-18(29)6-7-21-22-8-9-24(34)30(22,2)13-11-23(21)29)32-41-16-25(35)31-26(28(37)38)27(36)17-4-3-5-20(14-17)33(39)40/h3-5,14-15,21-24,26-27,34,36H,6-13,16H2,1-2H3,(H,31,35)(H,37,38)/b32-19+/t21?,22?,23?,24?,26?,27?,29-,30-/m0/s1. The van der Waals surface area contributed by atoms with E-state index < -0.39 is 35.6 Å². The van der Waals surface area contributed by atoms with Crippen LogP contribution in [0.25, 0.3) is 0 Å². The lowest BCUT2D eigenvalue weighted by atomic mass is 9.47. The van der Waals surface area contributed by atoms with Crippen molar-refractivity contribution in [1.82, 2.24) is 5.32 Å². The minimum absolute atomic E-state index is 0.00800. The Morgan fingerprint density at radius 2 is 1.95 bits per heavy atom. The molecule has 0 radical (unpaired) electrons. The molecule has 1 amide bonds. The first-order chi connectivity index (χ1) is 19.4. The van der Waals surface area contributed by atoms with Crippen molar-refractivity contribution in [2.75, 3.05) is 6.61 Å². The molecule has 8 atom stereocenters. The van der Waals surface area contributed by atoms with Crippen LogP contribution in [0.1, 0.15) is 76.9 Å². The zero-order valence-electron chi connectivity index (χ0n) is 23.5. The van der Waals surface area contributed by atoms with Crippen molar-refractivity contribution in [1.29, 1.82) is 0 Å². The van der Waals surface area contributed by atoms with Gasteiger partial charge in [-0.1, -0.05) is 36.7 Å². The molecule has 6 unspecified atom stereocenters. The number of benzene rings is 1. The maximum Gasteiger partial charge on any atom is 0.329 e. The fourth-order valence-electron chi connectivity index (χ4n) is 8.29. The Morgan fingerprint density at radius 3 is 2.68 bits per heavy atom. The number of hydrogen-bond acceptors (Lipinski definition) is 8. The SMILES string of the molecule is C[C@]12CCC3C(CCC4=C/C(=N/OCC(=O)NC(C(=O)O)C(O)c5cccc([N+](=O)[O-])c5)CC[C@@]43C)C1CCC2O. The summed E-state index contributed by atoms with van der Waals surface area (Å²) < 4.78 is 0. The fourth-order valence-corrected chi connectivity index (χ4v) is 8.29. The highest BCUT2D eigenvalue weighted by Crippen LogP contribution is 2.65. The molecule has 41 heavy (non-hydrogen) atoms. The van der Waals surface area contributed by atoms with Crippen LogP contribution in [0.4, 0.5) is 5.69 Å². The van der Waals surface area contributed by atoms with E-state index in [1.165, 1.54) is 23.8 Å². The number of nitro benzene ring substituents is 1. The number of carbonyl (C=O) groups excluding carboxylic acids is 1. The van der Waals surface area contributed by atoms with Crippen LogP contribution in [0.2, 0.25) is 0 Å². The highest BCUT2D eigenvalue weighted by molar-refractivity contribution is 5.96. The first-order valence-electron chi connectivity index (χ1n) is 14.5. The number of nitro groups is 1. The number of amides is 1. The molecule has 0 heterocycles. The second kappa shape index (κ2) is 11.2. The van der Waals surface area contributed by atoms with E-state index in [0.29, 0.717) is 24.2 Å². The lowest BCUT2D eigenvalue weighted by molar-refractivity contribution is -0.385. The van der Waals surface area contributed by atoms with Crippen molar-refractivity contribution in [3.63, 3.8) is 0 Å². The molecule has 4 aliphatic rings. The number of hydrogen-bond donors (Lipinski definition) is 4. The molecule has 0 saturated heterocycles. The van der Waals surface area contributed by atoms with Gasteiger partial charge in [-0.25, -0.2) is 4.79 Å². The summed E-state index contributed by atoms with van der Waals surface area (Å²) in [7, 11) is 0. The number of carboxylic acids is 1. The molecule has 5 rings (SSSR count). The predicted molar refractivity (Wildman–Crippen MR) is 149 cm³/mol. The van der Waals surface area contributed by atoms with Crippen molar-refractivity contribution >= 4 is 23.3 Å². The molecule has 0 aliphatic heterocycles. The van der Waals surface area contributed by atoms with Gasteiger partial charge in [0.05, 0.1) is 16.7 Å². The van der Waals surface area contributed by atoms with Crippen LogP contribution in [-0.2, 0) is 14.4 Å². The predicted octanol–water partition coefficient (Wildman–Crippen LogP) is 3.89. The van der Waals surface area contributed by atoms with Gasteiger partial charge in [-0.15, -0.1) is 0 Å². The number of fused-ring (bicyclic) bond motifs is 5. The lowest BCUT2D eigenvalue weighted by Crippen LogP contribution is -2.51. The maximum absolute atomic E-state index is 12.5. The summed E-state index contributed by atoms with van der Waals surface area (Å²) in [4.78, 5) is 39.9. The van der Waals surface area contributed by atoms with E-state index in [1.807, 2.05) is 0 Å². The minimum atomic E-state index is -1.73. The number of carboxylic acid groups (broad SMARTS) is 1. The van der Waals surface area contributed by atoms with E-state index in [0.717, 1.165) is 56.7 Å². The Hall–Kier alpha value is -3.31. The average Bonchev–Trinajstić information content (AvgIpc) is 3.25. The molecule has 11 heteroatoms. The van der Waals surface area contributed by atoms with E-state index >= 15 is 0 Å². The molecule has 3 fully saturated rings. The zero-order chi connectivity index (χ0) is 29.5. The van der Waals surface area contributed by atoms with Crippen molar-refractivity contribution in [3.8, 4) is 0 Å². The summed E-state index contributed by atoms with van der Waals surface area (Å²) >= 11 is 0. The highest BCUT2D eigenvalue weighted by Gasteiger charge is 2.58. The lowest BCUT2D eigenvalue weighted by Gasteiger charge is -2.57. The summed E-state index contributed by atoms with van der Waals surface area (Å²) in [5.41, 5.74) is 1.93. The Morgan fingerprint density at radius 1 is 1.17 bits per heavy atom. The second-order valence-corrected chi connectivity index (χ2v) is 12.7. The Bertz CT molecular complexity index is 1280. The van der Waals surface area contributed by atoms with Crippen LogP contribution in [0.15, 0.2) is 41.1 Å². The average molecular weight is 570 g/mol. The third kappa shape index (κ3) is 5.37. The number of aliphatic carboxylic acids is 1. The number of aliphatic hydroxyl groups is 2. The normalized spacial score (nSPS) is 34.8. The summed E-state index contributed by atoms with van der Waals surface area (Å²) in [6.07, 6.45) is 8.16. The molecule has 1 aromatic rings. The number of carbonyl (C=O) groups is 2. The third-order valence-corrected chi connectivity index (χ3v) is 10.6. The Balaban J connectivity index is 1.19. The van der Waals surface area contributed by atoms with Gasteiger partial charge in [-0.05, 0) is 91.6 Å². The smallest absolute Gasteiger partial charge is 0.329 e. The monoisotopic (exact) mass is 569 g/mol. The molecule has 0 aromatic heterocycles. The molecule has 3 saturated carbocycles. The fraction of sp³-hybridized carbons (Fsp3) is 0.633. The number of aliphatic hydroxyl groups excluding tert-OH is 2. The zero-order valence-corrected chi connectivity index (χ0v) is 23.5. The van der Waals surface area contributed by atoms with Gasteiger partial charge in [0.2, 0.25) is 0 Å². The van der Waals surface area contributed by atoms with Crippen LogP contribution in [0.5, 0.6) is 0 Å². The maximum atomic E-state index is 12.5. The topological polar surface area (TPSA) is 172 Å². The van der Waals surface area contributed by atoms with Gasteiger partial charge in [-0.3, -0.25) is 14.9 Å². The quantitative estimate of drug-likeness (QED) is 0.270. The number of oxime groups is 1. The molecule has 11 nitrogen and oxygen atoms in total. The molecule has 1 aromatic carbocycles. The first kappa shape index (κ1) is 29.2. The van der Waals surface area contributed by atoms with Gasteiger partial charge in [0.1, 0.15) is 6.10 Å². The number of nitrogens with zero attached hydrogens (tertiary/aromatic N) is 2. The van der Waals surface area contributed by atoms with E-state index in [4.69, 9.17) is 4.84 Å². The van der Waals surface area contributed by atoms with E-state index in [9.17, 15) is 35.0 Å². The van der Waals surface area contributed by atoms with E-state index in [2.05, 4.69) is 30.4 Å². The largest absolute Gasteiger partial charge is 0.480 e. The summed E-state index contributed by atoms with van der Waals surface area (Å²) in [6, 6.07) is 3.24. The van der Waals surface area contributed by atoms with Gasteiger partial charge in [0.15, 0.2) is 12.6 Å². The highest BCUT2D eigenvalue weighted by atomic mass is 16.6. The molecular formula is C30H39N3O8.